The molecule has 8 nitrogen and oxygen atoms in total. The minimum atomic E-state index is -3.28. The summed E-state index contributed by atoms with van der Waals surface area (Å²) in [7, 11) is 0. The van der Waals surface area contributed by atoms with Crippen LogP contribution >= 0.6 is 11.8 Å². The van der Waals surface area contributed by atoms with E-state index in [0.717, 1.165) is 6.07 Å². The molecule has 5 rings (SSSR count). The van der Waals surface area contributed by atoms with Crippen LogP contribution in [0.5, 0.6) is 0 Å². The molecular formula is C21H16F3N7OS. The minimum Gasteiger partial charge on any atom is -0.395 e. The zero-order valence-electron chi connectivity index (χ0n) is 17.1. The Morgan fingerprint density at radius 1 is 1.27 bits per heavy atom. The highest BCUT2D eigenvalue weighted by Crippen LogP contribution is 2.74. The van der Waals surface area contributed by atoms with Crippen molar-refractivity contribution >= 4 is 39.5 Å². The lowest BCUT2D eigenvalue weighted by atomic mass is 9.85. The van der Waals surface area contributed by atoms with Gasteiger partial charge in [0.2, 0.25) is 0 Å². The van der Waals surface area contributed by atoms with Gasteiger partial charge < -0.3 is 16.2 Å². The number of halogens is 3. The van der Waals surface area contributed by atoms with Crippen LogP contribution in [0.1, 0.15) is 18.1 Å². The maximum absolute atomic E-state index is 15.0. The third-order valence-electron chi connectivity index (χ3n) is 6.11. The van der Waals surface area contributed by atoms with Gasteiger partial charge in [0.15, 0.2) is 11.0 Å². The van der Waals surface area contributed by atoms with Crippen molar-refractivity contribution in [3.8, 4) is 6.07 Å². The van der Waals surface area contributed by atoms with Gasteiger partial charge in [-0.2, -0.15) is 5.26 Å². The number of nitrogens with zero attached hydrogens (tertiary/aromatic N) is 5. The zero-order valence-corrected chi connectivity index (χ0v) is 17.9. The van der Waals surface area contributed by atoms with Crippen LogP contribution in [0.3, 0.4) is 0 Å². The molecule has 3 heterocycles. The molecular weight excluding hydrogens is 455 g/mol. The number of nitrogens with one attached hydrogen (secondary N) is 1. The molecule has 4 N–H and O–H groups in total. The topological polar surface area (TPSA) is 133 Å². The lowest BCUT2D eigenvalue weighted by Crippen LogP contribution is -2.37. The van der Waals surface area contributed by atoms with E-state index in [1.807, 2.05) is 6.07 Å². The first kappa shape index (κ1) is 21.4. The van der Waals surface area contributed by atoms with Gasteiger partial charge >= 0.3 is 0 Å². The summed E-state index contributed by atoms with van der Waals surface area (Å²) in [5, 5.41) is 21.6. The van der Waals surface area contributed by atoms with Crippen LogP contribution < -0.4 is 11.1 Å². The van der Waals surface area contributed by atoms with Gasteiger partial charge in [-0.3, -0.25) is 4.99 Å². The molecule has 2 aromatic heterocycles. The van der Waals surface area contributed by atoms with Crippen LogP contribution in [0, 0.1) is 23.1 Å². The van der Waals surface area contributed by atoms with Crippen LogP contribution in [0.15, 0.2) is 41.8 Å². The summed E-state index contributed by atoms with van der Waals surface area (Å²) < 4.78 is 42.8. The SMILES string of the molecule is C[C@@]1(c2cc(Nc3ncnc4cc(C#N)cnc34)ccc2F)N=C(N)S[C@@]2(CO)[C@H]1C2(F)F. The second-order valence-electron chi connectivity index (χ2n) is 8.05. The number of hydrogen-bond donors (Lipinski definition) is 3. The Morgan fingerprint density at radius 2 is 2.06 bits per heavy atom. The van der Waals surface area contributed by atoms with Crippen LogP contribution in [0.4, 0.5) is 24.7 Å². The van der Waals surface area contributed by atoms with Crippen LogP contribution in [0.2, 0.25) is 0 Å². The molecule has 168 valence electrons. The number of rotatable bonds is 4. The third kappa shape index (κ3) is 2.96. The van der Waals surface area contributed by atoms with Crippen LogP contribution in [0.25, 0.3) is 11.0 Å². The Balaban J connectivity index is 1.57. The summed E-state index contributed by atoms with van der Waals surface area (Å²) in [4.78, 5) is 16.7. The molecule has 0 radical (unpaired) electrons. The number of aliphatic imine (C=N–C) groups is 1. The van der Waals surface area contributed by atoms with E-state index in [9.17, 15) is 18.3 Å². The number of thioether (sulfide) groups is 1. The van der Waals surface area contributed by atoms with Gasteiger partial charge in [0.1, 0.15) is 28.5 Å². The van der Waals surface area contributed by atoms with Gasteiger partial charge in [0.25, 0.3) is 5.92 Å². The number of benzene rings is 1. The van der Waals surface area contributed by atoms with Gasteiger partial charge in [-0.15, -0.1) is 0 Å². The number of aromatic nitrogens is 3. The van der Waals surface area contributed by atoms with Gasteiger partial charge in [-0.25, -0.2) is 28.1 Å². The molecule has 0 amide bonds. The summed E-state index contributed by atoms with van der Waals surface area (Å²) in [5.74, 6) is -5.16. The van der Waals surface area contributed by atoms with E-state index < -0.39 is 34.6 Å². The summed E-state index contributed by atoms with van der Waals surface area (Å²) in [6, 6.07) is 7.47. The Bertz CT molecular complexity index is 1380. The summed E-state index contributed by atoms with van der Waals surface area (Å²) in [5.41, 5.74) is 5.51. The van der Waals surface area contributed by atoms with Crippen molar-refractivity contribution in [3.05, 3.63) is 53.7 Å². The number of amidine groups is 1. The van der Waals surface area contributed by atoms with E-state index in [-0.39, 0.29) is 16.5 Å². The van der Waals surface area contributed by atoms with E-state index in [4.69, 9.17) is 11.0 Å². The van der Waals surface area contributed by atoms with Crippen molar-refractivity contribution in [2.75, 3.05) is 11.9 Å². The average Bonchev–Trinajstić information content (AvgIpc) is 3.30. The highest BCUT2D eigenvalue weighted by atomic mass is 32.2. The fourth-order valence-electron chi connectivity index (χ4n) is 4.54. The van der Waals surface area contributed by atoms with Gasteiger partial charge in [-0.1, -0.05) is 11.8 Å². The molecule has 1 aromatic carbocycles. The number of nitrogens with two attached hydrogens (primary N) is 1. The summed E-state index contributed by atoms with van der Waals surface area (Å²) in [6.07, 6.45) is 2.65. The molecule has 3 aromatic rings. The standard InChI is InChI=1S/C21H16F3N7OS/c1-19(17-20(8-32,21(17,23)24)33-18(26)31-19)12-5-11(2-3-13(12)22)30-16-15-14(28-9-29-16)4-10(6-25)7-27-15/h2-5,7,9,17,32H,8H2,1H3,(H2,26,31)(H,28,29,30)/t17-,19-,20-/m0/s1. The smallest absolute Gasteiger partial charge is 0.272 e. The first-order chi connectivity index (χ1) is 15.7. The van der Waals surface area contributed by atoms with Crippen molar-refractivity contribution in [2.24, 2.45) is 16.6 Å². The van der Waals surface area contributed by atoms with E-state index in [0.29, 0.717) is 34.0 Å². The molecule has 33 heavy (non-hydrogen) atoms. The summed E-state index contributed by atoms with van der Waals surface area (Å²) in [6.45, 7) is 0.576. The van der Waals surface area contributed by atoms with Gasteiger partial charge in [-0.05, 0) is 31.2 Å². The fourth-order valence-corrected chi connectivity index (χ4v) is 5.90. The Morgan fingerprint density at radius 3 is 2.79 bits per heavy atom. The maximum Gasteiger partial charge on any atom is 0.272 e. The number of hydrogen-bond acceptors (Lipinski definition) is 9. The quantitative estimate of drug-likeness (QED) is 0.529. The number of aliphatic hydroxyl groups excluding tert-OH is 1. The molecule has 0 unspecified atom stereocenters. The molecule has 12 heteroatoms. The lowest BCUT2D eigenvalue weighted by molar-refractivity contribution is 0.0685. The van der Waals surface area contributed by atoms with Crippen LogP contribution in [-0.4, -0.2) is 42.5 Å². The third-order valence-corrected chi connectivity index (χ3v) is 7.42. The number of fused-ring (bicyclic) bond motifs is 2. The van der Waals surface area contributed by atoms with Crippen molar-refractivity contribution in [3.63, 3.8) is 0 Å². The maximum atomic E-state index is 15.0. The zero-order chi connectivity index (χ0) is 23.6. The van der Waals surface area contributed by atoms with Crippen molar-refractivity contribution < 1.29 is 18.3 Å². The number of nitriles is 1. The lowest BCUT2D eigenvalue weighted by Gasteiger charge is -2.32. The normalized spacial score (nSPS) is 27.4. The van der Waals surface area contributed by atoms with Gasteiger partial charge in [0, 0.05) is 17.4 Å². The van der Waals surface area contributed by atoms with Crippen LogP contribution in [-0.2, 0) is 5.54 Å². The van der Waals surface area contributed by atoms with E-state index in [2.05, 4.69) is 25.3 Å². The second-order valence-corrected chi connectivity index (χ2v) is 9.40. The van der Waals surface area contributed by atoms with Crippen molar-refractivity contribution in [1.82, 2.24) is 15.0 Å². The number of alkyl halides is 2. The number of aliphatic hydroxyl groups is 1. The first-order valence-corrected chi connectivity index (χ1v) is 10.6. The molecule has 1 saturated carbocycles. The van der Waals surface area contributed by atoms with Crippen molar-refractivity contribution in [1.29, 1.82) is 5.26 Å². The molecule has 1 aliphatic heterocycles. The number of anilines is 2. The summed E-state index contributed by atoms with van der Waals surface area (Å²) >= 11 is 0.625. The average molecular weight is 471 g/mol. The minimum absolute atomic E-state index is 0.0890. The van der Waals surface area contributed by atoms with Gasteiger partial charge in [0.05, 0.1) is 29.1 Å². The van der Waals surface area contributed by atoms with E-state index in [1.165, 1.54) is 31.6 Å². The predicted octanol–water partition coefficient (Wildman–Crippen LogP) is 3.05. The van der Waals surface area contributed by atoms with E-state index >= 15 is 0 Å². The van der Waals surface area contributed by atoms with Crippen molar-refractivity contribution in [2.45, 2.75) is 23.1 Å². The monoisotopic (exact) mass is 471 g/mol. The van der Waals surface area contributed by atoms with E-state index in [1.54, 1.807) is 6.07 Å². The predicted molar refractivity (Wildman–Crippen MR) is 117 cm³/mol. The Hall–Kier alpha value is -3.43. The molecule has 1 fully saturated rings. The second kappa shape index (κ2) is 7.03. The Kier molecular flexibility index (Phi) is 4.56. The Labute approximate surface area is 189 Å². The molecule has 2 aliphatic rings. The highest BCUT2D eigenvalue weighted by molar-refractivity contribution is 8.15. The molecule has 3 atom stereocenters. The highest BCUT2D eigenvalue weighted by Gasteiger charge is 2.87. The molecule has 1 aliphatic carbocycles. The molecule has 0 spiro atoms. The molecule has 0 bridgehead atoms. The number of pyridine rings is 1. The fraction of sp³-hybridized carbons (Fsp3) is 0.286. The molecule has 0 saturated heterocycles. The first-order valence-electron chi connectivity index (χ1n) is 9.77. The largest absolute Gasteiger partial charge is 0.395 e.